The van der Waals surface area contributed by atoms with E-state index in [1.54, 1.807) is 19.2 Å². The molecule has 3 aromatic rings. The summed E-state index contributed by atoms with van der Waals surface area (Å²) >= 11 is 6.10. The summed E-state index contributed by atoms with van der Waals surface area (Å²) < 4.78 is 5.13. The predicted octanol–water partition coefficient (Wildman–Crippen LogP) is 4.77. The normalized spacial score (nSPS) is 11.2. The van der Waals surface area contributed by atoms with E-state index in [-0.39, 0.29) is 5.75 Å². The molecule has 0 amide bonds. The number of methoxy groups -OCH3 is 1. The molecule has 0 aliphatic heterocycles. The SMILES string of the molecule is COc1ccc(/C=C/c2ccc3cccc(O)c3n2)cc1Cl. The van der Waals surface area contributed by atoms with E-state index < -0.39 is 0 Å². The van der Waals surface area contributed by atoms with Gasteiger partial charge in [0, 0.05) is 5.39 Å². The van der Waals surface area contributed by atoms with Crippen LogP contribution in [0.1, 0.15) is 11.3 Å². The minimum absolute atomic E-state index is 0.181. The first-order valence-electron chi connectivity index (χ1n) is 6.78. The Morgan fingerprint density at radius 1 is 1.09 bits per heavy atom. The Morgan fingerprint density at radius 2 is 1.95 bits per heavy atom. The average molecular weight is 312 g/mol. The summed E-state index contributed by atoms with van der Waals surface area (Å²) in [5.41, 5.74) is 2.31. The van der Waals surface area contributed by atoms with E-state index in [0.717, 1.165) is 16.6 Å². The number of halogens is 1. The molecule has 3 rings (SSSR count). The monoisotopic (exact) mass is 311 g/mol. The molecule has 1 aromatic heterocycles. The third kappa shape index (κ3) is 2.90. The molecule has 1 heterocycles. The van der Waals surface area contributed by atoms with Crippen LogP contribution in [0.4, 0.5) is 0 Å². The van der Waals surface area contributed by atoms with Crippen LogP contribution in [0.3, 0.4) is 0 Å². The molecule has 0 saturated carbocycles. The van der Waals surface area contributed by atoms with Gasteiger partial charge in [0.15, 0.2) is 0 Å². The second kappa shape index (κ2) is 6.08. The maximum atomic E-state index is 9.86. The van der Waals surface area contributed by atoms with Crippen LogP contribution in [-0.4, -0.2) is 17.2 Å². The van der Waals surface area contributed by atoms with E-state index in [1.807, 2.05) is 48.6 Å². The van der Waals surface area contributed by atoms with Crippen molar-refractivity contribution >= 4 is 34.7 Å². The molecular formula is C18H14ClNO2. The third-order valence-corrected chi connectivity index (χ3v) is 3.64. The van der Waals surface area contributed by atoms with Gasteiger partial charge in [0.1, 0.15) is 17.0 Å². The van der Waals surface area contributed by atoms with E-state index in [2.05, 4.69) is 4.98 Å². The van der Waals surface area contributed by atoms with Crippen LogP contribution >= 0.6 is 11.6 Å². The van der Waals surface area contributed by atoms with Crippen molar-refractivity contribution in [2.45, 2.75) is 0 Å². The number of fused-ring (bicyclic) bond motifs is 1. The van der Waals surface area contributed by atoms with E-state index in [4.69, 9.17) is 16.3 Å². The highest BCUT2D eigenvalue weighted by molar-refractivity contribution is 6.32. The molecule has 0 atom stereocenters. The lowest BCUT2D eigenvalue weighted by molar-refractivity contribution is 0.415. The molecule has 0 unspecified atom stereocenters. The molecule has 0 bridgehead atoms. The van der Waals surface area contributed by atoms with Crippen molar-refractivity contribution in [1.82, 2.24) is 4.98 Å². The fraction of sp³-hybridized carbons (Fsp3) is 0.0556. The van der Waals surface area contributed by atoms with E-state index in [0.29, 0.717) is 16.3 Å². The van der Waals surface area contributed by atoms with Crippen molar-refractivity contribution in [3.05, 3.63) is 64.8 Å². The first-order valence-corrected chi connectivity index (χ1v) is 7.15. The van der Waals surface area contributed by atoms with Gasteiger partial charge in [0.25, 0.3) is 0 Å². The zero-order valence-electron chi connectivity index (χ0n) is 12.0. The number of ether oxygens (including phenoxy) is 1. The molecule has 2 aromatic carbocycles. The van der Waals surface area contributed by atoms with Crippen molar-refractivity contribution in [3.63, 3.8) is 0 Å². The first-order chi connectivity index (χ1) is 10.7. The highest BCUT2D eigenvalue weighted by Gasteiger charge is 2.02. The van der Waals surface area contributed by atoms with Gasteiger partial charge in [-0.05, 0) is 35.9 Å². The number of pyridine rings is 1. The van der Waals surface area contributed by atoms with Gasteiger partial charge in [-0.15, -0.1) is 0 Å². The van der Waals surface area contributed by atoms with Crippen LogP contribution in [0.2, 0.25) is 5.02 Å². The number of aromatic hydroxyl groups is 1. The van der Waals surface area contributed by atoms with Crippen molar-refractivity contribution < 1.29 is 9.84 Å². The zero-order valence-corrected chi connectivity index (χ0v) is 12.7. The standard InChI is InChI=1S/C18H14ClNO2/c1-22-17-10-6-12(11-15(17)19)5-8-14-9-7-13-3-2-4-16(21)18(13)20-14/h2-11,21H,1H3/b8-5+. The molecule has 0 aliphatic rings. The Kier molecular flexibility index (Phi) is 3.98. The smallest absolute Gasteiger partial charge is 0.141 e. The number of nitrogens with zero attached hydrogens (tertiary/aromatic N) is 1. The minimum atomic E-state index is 0.181. The highest BCUT2D eigenvalue weighted by atomic mass is 35.5. The number of phenols is 1. The maximum Gasteiger partial charge on any atom is 0.141 e. The maximum absolute atomic E-state index is 9.86. The van der Waals surface area contributed by atoms with E-state index >= 15 is 0 Å². The van der Waals surface area contributed by atoms with Gasteiger partial charge in [-0.25, -0.2) is 4.98 Å². The zero-order chi connectivity index (χ0) is 15.5. The van der Waals surface area contributed by atoms with Crippen LogP contribution in [0.15, 0.2) is 48.5 Å². The van der Waals surface area contributed by atoms with Crippen LogP contribution in [0, 0.1) is 0 Å². The molecule has 0 aliphatic carbocycles. The van der Waals surface area contributed by atoms with E-state index in [1.165, 1.54) is 0 Å². The summed E-state index contributed by atoms with van der Waals surface area (Å²) in [5, 5.41) is 11.3. The Bertz CT molecular complexity index is 859. The molecule has 3 nitrogen and oxygen atoms in total. The lowest BCUT2D eigenvalue weighted by Gasteiger charge is -2.03. The number of hydrogen-bond donors (Lipinski definition) is 1. The number of phenolic OH excluding ortho intramolecular Hbond substituents is 1. The van der Waals surface area contributed by atoms with Gasteiger partial charge in [-0.1, -0.05) is 41.9 Å². The van der Waals surface area contributed by atoms with Crippen molar-refractivity contribution in [2.75, 3.05) is 7.11 Å². The molecular weight excluding hydrogens is 298 g/mol. The van der Waals surface area contributed by atoms with E-state index in [9.17, 15) is 5.11 Å². The molecule has 0 spiro atoms. The third-order valence-electron chi connectivity index (χ3n) is 3.34. The topological polar surface area (TPSA) is 42.4 Å². The Morgan fingerprint density at radius 3 is 2.73 bits per heavy atom. The first kappa shape index (κ1) is 14.4. The fourth-order valence-corrected chi connectivity index (χ4v) is 2.47. The number of rotatable bonds is 3. The summed E-state index contributed by atoms with van der Waals surface area (Å²) in [6.45, 7) is 0. The molecule has 22 heavy (non-hydrogen) atoms. The Balaban J connectivity index is 1.92. The Hall–Kier alpha value is -2.52. The predicted molar refractivity (Wildman–Crippen MR) is 90.3 cm³/mol. The summed E-state index contributed by atoms with van der Waals surface area (Å²) in [5.74, 6) is 0.827. The summed E-state index contributed by atoms with van der Waals surface area (Å²) in [6.07, 6.45) is 3.80. The Labute approximate surface area is 133 Å². The van der Waals surface area contributed by atoms with Crippen molar-refractivity contribution in [3.8, 4) is 11.5 Å². The largest absolute Gasteiger partial charge is 0.506 e. The summed E-state index contributed by atoms with van der Waals surface area (Å²) in [7, 11) is 1.59. The van der Waals surface area contributed by atoms with Gasteiger partial charge >= 0.3 is 0 Å². The van der Waals surface area contributed by atoms with Gasteiger partial charge in [0.2, 0.25) is 0 Å². The second-order valence-electron chi connectivity index (χ2n) is 4.81. The van der Waals surface area contributed by atoms with Gasteiger partial charge < -0.3 is 9.84 Å². The van der Waals surface area contributed by atoms with Crippen LogP contribution in [-0.2, 0) is 0 Å². The fourth-order valence-electron chi connectivity index (χ4n) is 2.21. The number of para-hydroxylation sites is 1. The lowest BCUT2D eigenvalue weighted by Crippen LogP contribution is -1.85. The molecule has 0 radical (unpaired) electrons. The summed E-state index contributed by atoms with van der Waals surface area (Å²) in [6, 6.07) is 14.8. The van der Waals surface area contributed by atoms with Gasteiger partial charge in [-0.3, -0.25) is 0 Å². The highest BCUT2D eigenvalue weighted by Crippen LogP contribution is 2.26. The molecule has 1 N–H and O–H groups in total. The average Bonchev–Trinajstić information content (AvgIpc) is 2.53. The van der Waals surface area contributed by atoms with Gasteiger partial charge in [0.05, 0.1) is 17.8 Å². The lowest BCUT2D eigenvalue weighted by atomic mass is 10.1. The molecule has 0 fully saturated rings. The quantitative estimate of drug-likeness (QED) is 0.757. The molecule has 110 valence electrons. The summed E-state index contributed by atoms with van der Waals surface area (Å²) in [4.78, 5) is 4.45. The minimum Gasteiger partial charge on any atom is -0.506 e. The van der Waals surface area contributed by atoms with Crippen molar-refractivity contribution in [1.29, 1.82) is 0 Å². The van der Waals surface area contributed by atoms with Crippen molar-refractivity contribution in [2.24, 2.45) is 0 Å². The van der Waals surface area contributed by atoms with Crippen LogP contribution in [0.5, 0.6) is 11.5 Å². The molecule has 4 heteroatoms. The van der Waals surface area contributed by atoms with Crippen LogP contribution < -0.4 is 4.74 Å². The second-order valence-corrected chi connectivity index (χ2v) is 5.22. The number of aromatic nitrogens is 1. The van der Waals surface area contributed by atoms with Crippen LogP contribution in [0.25, 0.3) is 23.1 Å². The molecule has 0 saturated heterocycles. The number of benzene rings is 2. The van der Waals surface area contributed by atoms with Gasteiger partial charge in [-0.2, -0.15) is 0 Å². The number of hydrogen-bond acceptors (Lipinski definition) is 3.